The Balaban J connectivity index is 0.00000240. The summed E-state index contributed by atoms with van der Waals surface area (Å²) in [5.74, 6) is 1.23. The quantitative estimate of drug-likeness (QED) is 0.688. The summed E-state index contributed by atoms with van der Waals surface area (Å²) in [7, 11) is 3.21. The summed E-state index contributed by atoms with van der Waals surface area (Å²) in [5, 5.41) is 0.955. The average molecular weight is 423 g/mol. The summed E-state index contributed by atoms with van der Waals surface area (Å²) >= 11 is 0. The summed E-state index contributed by atoms with van der Waals surface area (Å²) in [6.45, 7) is 7.20. The second kappa shape index (κ2) is 9.37. The van der Waals surface area contributed by atoms with Crippen molar-refractivity contribution in [1.29, 1.82) is 0 Å². The fourth-order valence-electron chi connectivity index (χ4n) is 4.60. The maximum absolute atomic E-state index is 12.7. The number of benzene rings is 1. The lowest BCUT2D eigenvalue weighted by atomic mass is 9.97. The standard InChI is InChI=1S/C22H30N2O4.ClH/c1-15-6-4-5-8-24(15)11-10-23-9-7-16-17-12-20(26-2)21(27-3)13-19(17)28-22(25)18(16)14-23;/h12-13,15H,4-11,14H2,1-3H3;1H. The molecule has 29 heavy (non-hydrogen) atoms. The van der Waals surface area contributed by atoms with Crippen molar-refractivity contribution in [3.8, 4) is 11.5 Å². The SMILES string of the molecule is COc1cc2oc(=O)c3c(c2cc1OC)CCN(CCN1CCCCC1C)C3.Cl. The van der Waals surface area contributed by atoms with Gasteiger partial charge in [0.15, 0.2) is 11.5 Å². The Bertz CT molecular complexity index is 914. The van der Waals surface area contributed by atoms with Crippen LogP contribution in [-0.2, 0) is 13.0 Å². The van der Waals surface area contributed by atoms with E-state index >= 15 is 0 Å². The van der Waals surface area contributed by atoms with Crippen molar-refractivity contribution in [2.24, 2.45) is 0 Å². The van der Waals surface area contributed by atoms with Crippen LogP contribution in [0, 0.1) is 0 Å². The van der Waals surface area contributed by atoms with Gasteiger partial charge < -0.3 is 13.9 Å². The minimum Gasteiger partial charge on any atom is -0.493 e. The molecule has 0 saturated carbocycles. The molecule has 160 valence electrons. The monoisotopic (exact) mass is 422 g/mol. The van der Waals surface area contributed by atoms with E-state index in [-0.39, 0.29) is 18.0 Å². The molecule has 0 aliphatic carbocycles. The van der Waals surface area contributed by atoms with Crippen LogP contribution in [-0.4, -0.2) is 56.2 Å². The first-order chi connectivity index (χ1) is 13.6. The van der Waals surface area contributed by atoms with E-state index in [0.29, 0.717) is 29.7 Å². The third-order valence-electron chi connectivity index (χ3n) is 6.33. The molecule has 0 spiro atoms. The van der Waals surface area contributed by atoms with Crippen molar-refractivity contribution >= 4 is 23.4 Å². The zero-order valence-corrected chi connectivity index (χ0v) is 18.3. The molecule has 1 unspecified atom stereocenters. The Hall–Kier alpha value is -1.76. The van der Waals surface area contributed by atoms with Crippen LogP contribution in [0.25, 0.3) is 11.0 Å². The van der Waals surface area contributed by atoms with Crippen molar-refractivity contribution in [2.75, 3.05) is 40.4 Å². The molecular weight excluding hydrogens is 392 g/mol. The van der Waals surface area contributed by atoms with E-state index in [0.717, 1.165) is 42.6 Å². The van der Waals surface area contributed by atoms with E-state index < -0.39 is 0 Å². The highest BCUT2D eigenvalue weighted by Gasteiger charge is 2.25. The number of fused-ring (bicyclic) bond motifs is 3. The minimum absolute atomic E-state index is 0. The summed E-state index contributed by atoms with van der Waals surface area (Å²) in [4.78, 5) is 17.6. The first kappa shape index (κ1) is 21.9. The number of hydrogen-bond donors (Lipinski definition) is 0. The van der Waals surface area contributed by atoms with Crippen LogP contribution in [0.1, 0.15) is 37.3 Å². The molecule has 7 heteroatoms. The van der Waals surface area contributed by atoms with Crippen molar-refractivity contribution in [2.45, 2.75) is 45.2 Å². The lowest BCUT2D eigenvalue weighted by Gasteiger charge is -2.36. The van der Waals surface area contributed by atoms with E-state index in [9.17, 15) is 4.79 Å². The van der Waals surface area contributed by atoms with Crippen LogP contribution >= 0.6 is 12.4 Å². The number of rotatable bonds is 5. The molecule has 0 N–H and O–H groups in total. The van der Waals surface area contributed by atoms with E-state index in [1.807, 2.05) is 6.07 Å². The molecule has 2 aromatic rings. The zero-order chi connectivity index (χ0) is 19.7. The topological polar surface area (TPSA) is 55.2 Å². The fourth-order valence-corrected chi connectivity index (χ4v) is 4.60. The summed E-state index contributed by atoms with van der Waals surface area (Å²) in [6, 6.07) is 4.35. The van der Waals surface area contributed by atoms with Crippen molar-refractivity contribution in [3.63, 3.8) is 0 Å². The smallest absolute Gasteiger partial charge is 0.341 e. The predicted molar refractivity (Wildman–Crippen MR) is 117 cm³/mol. The lowest BCUT2D eigenvalue weighted by Crippen LogP contribution is -2.44. The van der Waals surface area contributed by atoms with E-state index in [1.165, 1.54) is 25.8 Å². The number of hydrogen-bond acceptors (Lipinski definition) is 6. The average Bonchev–Trinajstić information content (AvgIpc) is 2.72. The molecule has 1 aromatic carbocycles. The van der Waals surface area contributed by atoms with Crippen LogP contribution in [0.4, 0.5) is 0 Å². The number of likely N-dealkylation sites (tertiary alicyclic amines) is 1. The molecular formula is C22H31ClN2O4. The van der Waals surface area contributed by atoms with Gasteiger partial charge in [0.1, 0.15) is 5.58 Å². The summed E-state index contributed by atoms with van der Waals surface area (Å²) in [6.07, 6.45) is 4.79. The molecule has 2 aliphatic rings. The zero-order valence-electron chi connectivity index (χ0n) is 17.5. The normalized spacial score (nSPS) is 20.2. The molecule has 4 rings (SSSR count). The molecule has 6 nitrogen and oxygen atoms in total. The Morgan fingerprint density at radius 1 is 1.07 bits per heavy atom. The third-order valence-corrected chi connectivity index (χ3v) is 6.33. The highest BCUT2D eigenvalue weighted by molar-refractivity contribution is 5.85. The van der Waals surface area contributed by atoms with Gasteiger partial charge in [-0.3, -0.25) is 9.80 Å². The third kappa shape index (κ3) is 4.39. The van der Waals surface area contributed by atoms with Gasteiger partial charge in [0, 0.05) is 43.7 Å². The largest absolute Gasteiger partial charge is 0.493 e. The first-order valence-corrected chi connectivity index (χ1v) is 10.3. The number of methoxy groups -OCH3 is 2. The Morgan fingerprint density at radius 2 is 1.83 bits per heavy atom. The predicted octanol–water partition coefficient (Wildman–Crippen LogP) is 3.46. The van der Waals surface area contributed by atoms with Crippen molar-refractivity contribution in [3.05, 3.63) is 33.7 Å². The second-order valence-electron chi connectivity index (χ2n) is 7.96. The molecule has 1 atom stereocenters. The fraction of sp³-hybridized carbons (Fsp3) is 0.591. The van der Waals surface area contributed by atoms with Gasteiger partial charge in [-0.05, 0) is 44.4 Å². The van der Waals surface area contributed by atoms with Gasteiger partial charge in [-0.15, -0.1) is 12.4 Å². The van der Waals surface area contributed by atoms with E-state index in [1.54, 1.807) is 20.3 Å². The molecule has 1 fully saturated rings. The maximum Gasteiger partial charge on any atom is 0.341 e. The van der Waals surface area contributed by atoms with Gasteiger partial charge in [-0.2, -0.15) is 0 Å². The molecule has 0 bridgehead atoms. The highest BCUT2D eigenvalue weighted by atomic mass is 35.5. The molecule has 0 radical (unpaired) electrons. The van der Waals surface area contributed by atoms with Gasteiger partial charge in [-0.1, -0.05) is 6.42 Å². The number of ether oxygens (including phenoxy) is 2. The van der Waals surface area contributed by atoms with E-state index in [4.69, 9.17) is 13.9 Å². The van der Waals surface area contributed by atoms with Crippen LogP contribution in [0.3, 0.4) is 0 Å². The van der Waals surface area contributed by atoms with Gasteiger partial charge in [0.2, 0.25) is 0 Å². The summed E-state index contributed by atoms with van der Waals surface area (Å²) < 4.78 is 16.4. The molecule has 3 heterocycles. The van der Waals surface area contributed by atoms with Gasteiger partial charge >= 0.3 is 5.63 Å². The van der Waals surface area contributed by atoms with Crippen LogP contribution in [0.5, 0.6) is 11.5 Å². The molecule has 1 aromatic heterocycles. The maximum atomic E-state index is 12.7. The van der Waals surface area contributed by atoms with Crippen molar-refractivity contribution in [1.82, 2.24) is 9.80 Å². The number of nitrogens with zero attached hydrogens (tertiary/aromatic N) is 2. The van der Waals surface area contributed by atoms with Crippen LogP contribution in [0.2, 0.25) is 0 Å². The number of piperidine rings is 1. The summed E-state index contributed by atoms with van der Waals surface area (Å²) in [5.41, 5.74) is 2.22. The van der Waals surface area contributed by atoms with Gasteiger partial charge in [0.25, 0.3) is 0 Å². The first-order valence-electron chi connectivity index (χ1n) is 10.3. The van der Waals surface area contributed by atoms with Crippen LogP contribution < -0.4 is 15.1 Å². The second-order valence-corrected chi connectivity index (χ2v) is 7.96. The number of halogens is 1. The van der Waals surface area contributed by atoms with Crippen molar-refractivity contribution < 1.29 is 13.9 Å². The molecule has 0 amide bonds. The minimum atomic E-state index is -0.231. The van der Waals surface area contributed by atoms with Gasteiger partial charge in [0.05, 0.1) is 19.8 Å². The van der Waals surface area contributed by atoms with Gasteiger partial charge in [-0.25, -0.2) is 4.79 Å². The Kier molecular flexibility index (Phi) is 7.09. The molecule has 1 saturated heterocycles. The van der Waals surface area contributed by atoms with Crippen LogP contribution in [0.15, 0.2) is 21.3 Å². The highest BCUT2D eigenvalue weighted by Crippen LogP contribution is 2.35. The lowest BCUT2D eigenvalue weighted by molar-refractivity contribution is 0.130. The molecule has 2 aliphatic heterocycles. The Morgan fingerprint density at radius 3 is 2.55 bits per heavy atom. The van der Waals surface area contributed by atoms with E-state index in [2.05, 4.69) is 16.7 Å². The Labute approximate surface area is 178 Å².